The van der Waals surface area contributed by atoms with Crippen LogP contribution in [0.15, 0.2) is 102 Å². The lowest BCUT2D eigenvalue weighted by atomic mass is 9.96. The van der Waals surface area contributed by atoms with Crippen molar-refractivity contribution in [1.29, 1.82) is 0 Å². The molecular formula is C59H95F20N3O22. The Morgan fingerprint density at radius 1 is 0.481 bits per heavy atom. The number of amides is 2. The van der Waals surface area contributed by atoms with Gasteiger partial charge in [-0.25, -0.2) is 69.6 Å². The molecule has 0 saturated carbocycles. The van der Waals surface area contributed by atoms with Crippen LogP contribution in [0.3, 0.4) is 0 Å². The number of hydrogen-bond donors (Lipinski definition) is 4. The van der Waals surface area contributed by atoms with E-state index < -0.39 is 114 Å². The number of ketones is 1. The van der Waals surface area contributed by atoms with Gasteiger partial charge in [0.1, 0.15) is 39.8 Å². The van der Waals surface area contributed by atoms with Crippen molar-refractivity contribution in [2.24, 2.45) is 4.99 Å². The van der Waals surface area contributed by atoms with Gasteiger partial charge in [0.25, 0.3) is 5.79 Å². The van der Waals surface area contributed by atoms with Crippen LogP contribution in [0.25, 0.3) is 0 Å². The van der Waals surface area contributed by atoms with Crippen molar-refractivity contribution in [2.45, 2.75) is 123 Å². The number of carbonyl (C=O) groups is 6. The van der Waals surface area contributed by atoms with Crippen LogP contribution in [-0.4, -0.2) is 197 Å². The fourth-order valence-electron chi connectivity index (χ4n) is 4.24. The summed E-state index contributed by atoms with van der Waals surface area (Å²) in [7, 11) is 2.94. The van der Waals surface area contributed by atoms with Crippen LogP contribution in [0.5, 0.6) is 0 Å². The summed E-state index contributed by atoms with van der Waals surface area (Å²) in [6.07, 6.45) is -35.0. The molecule has 0 aromatic heterocycles. The van der Waals surface area contributed by atoms with Crippen LogP contribution in [0.1, 0.15) is 96.1 Å². The third-order valence-corrected chi connectivity index (χ3v) is 8.21. The Balaban J connectivity index is -0.0000000757. The molecule has 0 fully saturated rings. The fourth-order valence-corrected chi connectivity index (χ4v) is 4.24. The zero-order valence-corrected chi connectivity index (χ0v) is 50.4. The second-order valence-electron chi connectivity index (χ2n) is 15.4. The van der Waals surface area contributed by atoms with Crippen LogP contribution in [-0.2, 0) is 87.0 Å². The number of hydrogen-bond acceptors (Lipinski definition) is 23. The predicted octanol–water partition coefficient (Wildman–Crippen LogP) is 15.1. The molecule has 2 amide bonds. The van der Waals surface area contributed by atoms with Crippen molar-refractivity contribution < 1.29 is 194 Å². The van der Waals surface area contributed by atoms with E-state index in [1.54, 1.807) is 19.1 Å². The molecule has 0 heterocycles. The van der Waals surface area contributed by atoms with Gasteiger partial charge in [0.2, 0.25) is 18.7 Å². The monoisotopic (exact) mass is 1580 g/mol. The Hall–Kier alpha value is -8.14. The first-order valence-electron chi connectivity index (χ1n) is 24.8. The molecule has 25 nitrogen and oxygen atoms in total. The van der Waals surface area contributed by atoms with Crippen LogP contribution < -0.4 is 10.6 Å². The summed E-state index contributed by atoms with van der Waals surface area (Å²) in [5.41, 5.74) is 2.12. The standard InChI is InChI=1S/C16H16O3.C9H14FNO4.C8H12FNO4.C7H9NO3.2C4H2F8O3.C2H5FO.CH3FO.8CH4/c1-18-16(19-2,14-11-7-4-8-12-14)15(17)13-9-5-3-6-10-13;1-7(2)8(12)14-6-4-11-9(13)15-5-3-10;1-6(2)7(11)13-4-3-10-8(12)14-5-9;1-6(2)7(10)11-4-3-8-5-9;2*5-1-13-4(10,11)14-2(6,7)3(8,9)15-12;3-1-2-4;2-1-3;;;;;;;;/h3-12H,1-2H3;1,3-6H2,2H3,(H,11,13);1,3-5H2,2H3,(H,10,12);1,3-4H2,2H3;2*1H2;4H,1-2H2;3H,1H2;8*1H4. The molecule has 2 aromatic carbocycles. The molecule has 0 atom stereocenters. The first-order valence-corrected chi connectivity index (χ1v) is 24.8. The van der Waals surface area contributed by atoms with Crippen molar-refractivity contribution in [3.63, 3.8) is 0 Å². The van der Waals surface area contributed by atoms with Gasteiger partial charge in [0, 0.05) is 42.1 Å². The van der Waals surface area contributed by atoms with Crippen molar-refractivity contribution >= 4 is 42.0 Å². The zero-order valence-electron chi connectivity index (χ0n) is 50.4. The fraction of sp³-hybridized carbons (Fsp3) is 0.576. The molecule has 0 spiro atoms. The number of aliphatic hydroxyl groups is 2. The Kier molecular flexibility index (Phi) is 88.9. The number of carbonyl (C=O) groups excluding carboxylic acids is 7. The van der Waals surface area contributed by atoms with Gasteiger partial charge < -0.3 is 54.0 Å². The first-order chi connectivity index (χ1) is 44.6. The number of nitrogens with one attached hydrogen (secondary N) is 2. The van der Waals surface area contributed by atoms with E-state index >= 15 is 0 Å². The number of alkyl carbamates (subject to hydrolysis) is 2. The van der Waals surface area contributed by atoms with E-state index in [2.05, 4.69) is 78.0 Å². The van der Waals surface area contributed by atoms with Crippen molar-refractivity contribution in [1.82, 2.24) is 10.6 Å². The molecule has 2 aromatic rings. The Morgan fingerprint density at radius 3 is 1.07 bits per heavy atom. The molecule has 0 aliphatic rings. The summed E-state index contributed by atoms with van der Waals surface area (Å²) in [5.74, 6) is -3.14. The number of isocyanates is 1. The minimum atomic E-state index is -6.04. The maximum atomic E-state index is 12.7. The van der Waals surface area contributed by atoms with Crippen molar-refractivity contribution in [2.75, 3.05) is 108 Å². The van der Waals surface area contributed by atoms with E-state index in [9.17, 15) is 122 Å². The molecule has 104 heavy (non-hydrogen) atoms. The van der Waals surface area contributed by atoms with Crippen LogP contribution in [0.2, 0.25) is 0 Å². The van der Waals surface area contributed by atoms with Gasteiger partial charge in [-0.3, -0.25) is 14.3 Å². The van der Waals surface area contributed by atoms with Crippen LogP contribution in [0, 0.1) is 0 Å². The Morgan fingerprint density at radius 2 is 0.798 bits per heavy atom. The number of halogens is 20. The molecule has 45 heteroatoms. The zero-order chi connectivity index (χ0) is 75.8. The highest BCUT2D eigenvalue weighted by Crippen LogP contribution is 2.42. The lowest BCUT2D eigenvalue weighted by Crippen LogP contribution is -2.48. The third kappa shape index (κ3) is 62.4. The highest BCUT2D eigenvalue weighted by atomic mass is 19.4. The highest BCUT2D eigenvalue weighted by molar-refractivity contribution is 6.02. The normalized spacial score (nSPS) is 10.1. The maximum absolute atomic E-state index is 12.7. The molecule has 0 saturated heterocycles. The van der Waals surface area contributed by atoms with E-state index in [0.717, 1.165) is 0 Å². The van der Waals surface area contributed by atoms with Crippen LogP contribution in [0.4, 0.5) is 97.7 Å². The molecular weight excluding hydrogens is 1480 g/mol. The number of aliphatic imine (C=N–C) groups is 1. The molecule has 0 unspecified atom stereocenters. The number of aliphatic hydroxyl groups excluding tert-OH is 2. The minimum Gasteiger partial charge on any atom is -0.460 e. The molecule has 2 rings (SSSR count). The number of esters is 3. The number of ether oxygens (including phenoxy) is 11. The number of benzene rings is 2. The molecule has 0 aliphatic heterocycles. The van der Waals surface area contributed by atoms with Crippen molar-refractivity contribution in [3.05, 3.63) is 108 Å². The Labute approximate surface area is 589 Å². The molecule has 0 radical (unpaired) electrons. The predicted molar refractivity (Wildman–Crippen MR) is 334 cm³/mol. The second-order valence-corrected chi connectivity index (χ2v) is 15.4. The minimum absolute atomic E-state index is 0. The second kappa shape index (κ2) is 71.8. The van der Waals surface area contributed by atoms with E-state index in [0.29, 0.717) is 16.7 Å². The summed E-state index contributed by atoms with van der Waals surface area (Å²) in [5, 5.41) is 18.8. The molecule has 4 N–H and O–H groups in total. The van der Waals surface area contributed by atoms with Gasteiger partial charge in [0.05, 0.1) is 26.2 Å². The topological polar surface area (TPSA) is 316 Å². The lowest BCUT2D eigenvalue weighted by Gasteiger charge is -2.29. The summed E-state index contributed by atoms with van der Waals surface area (Å²) < 4.78 is 272. The largest absolute Gasteiger partial charge is 0.492 e. The molecule has 618 valence electrons. The lowest BCUT2D eigenvalue weighted by molar-refractivity contribution is -0.548. The first kappa shape index (κ1) is 129. The van der Waals surface area contributed by atoms with Gasteiger partial charge in [-0.15, -0.1) is 27.4 Å². The van der Waals surface area contributed by atoms with Gasteiger partial charge in [0.15, 0.2) is 20.6 Å². The summed E-state index contributed by atoms with van der Waals surface area (Å²) in [6, 6.07) is 18.2. The molecule has 0 aliphatic carbocycles. The average Bonchev–Trinajstić information content (AvgIpc) is 0.809. The number of nitrogens with zero attached hydrogens (tertiary/aromatic N) is 1. The smallest absolute Gasteiger partial charge is 0.460 e. The summed E-state index contributed by atoms with van der Waals surface area (Å²) in [4.78, 5) is 81.8. The van der Waals surface area contributed by atoms with E-state index in [1.165, 1.54) is 44.0 Å². The maximum Gasteiger partial charge on any atom is 0.492 e. The van der Waals surface area contributed by atoms with E-state index in [4.69, 9.17) is 19.7 Å². The van der Waals surface area contributed by atoms with Gasteiger partial charge in [-0.05, 0) is 29.8 Å². The number of rotatable bonds is 33. The summed E-state index contributed by atoms with van der Waals surface area (Å²) in [6.45, 7) is 6.16. The number of alkyl halides is 18. The van der Waals surface area contributed by atoms with Crippen molar-refractivity contribution in [3.8, 4) is 0 Å². The van der Waals surface area contributed by atoms with Gasteiger partial charge in [-0.2, -0.15) is 35.1 Å². The van der Waals surface area contributed by atoms with Crippen LogP contribution >= 0.6 is 0 Å². The SMILES string of the molecule is C.C.C.C.C.C.C.C.C=C(C)C(=O)OCCN=C=O.C=C(C)C(=O)OCCNC(=O)OCCF.C=C(C)C(=O)OCCNC(=O)OCF.COC(OC)(C(=O)c1ccccc1)c1ccccc1.FCOC(F)(F)OC(F)(F)C(F)(F)OF.FCOC(F)(F)OC(F)(F)C(F)(F)OF.OCCF.OCF. The quantitative estimate of drug-likeness (QED) is 0.00594. The highest BCUT2D eigenvalue weighted by Gasteiger charge is 2.67. The van der Waals surface area contributed by atoms with Gasteiger partial charge >= 0.3 is 67.1 Å². The van der Waals surface area contributed by atoms with E-state index in [-0.39, 0.29) is 129 Å². The van der Waals surface area contributed by atoms with Gasteiger partial charge in [-0.1, -0.05) is 140 Å². The average molecular weight is 1580 g/mol. The third-order valence-electron chi connectivity index (χ3n) is 8.21. The van der Waals surface area contributed by atoms with E-state index in [1.807, 2.05) is 48.5 Å². The number of methoxy groups -OCH3 is 2. The Bertz CT molecular complexity index is 2510. The number of Topliss-reactive ketones (excluding diaryl/α,β-unsaturated/α-hetero) is 1. The summed E-state index contributed by atoms with van der Waals surface area (Å²) >= 11 is 0. The molecule has 0 bridgehead atoms.